The molecule has 166 valence electrons. The van der Waals surface area contributed by atoms with Gasteiger partial charge in [-0.25, -0.2) is 4.79 Å². The average Bonchev–Trinajstić information content (AvgIpc) is 3.33. The number of benzene rings is 2. The predicted molar refractivity (Wildman–Crippen MR) is 119 cm³/mol. The molecule has 8 heteroatoms. The van der Waals surface area contributed by atoms with E-state index in [0.29, 0.717) is 42.5 Å². The minimum absolute atomic E-state index is 0.122. The van der Waals surface area contributed by atoms with Gasteiger partial charge in [-0.3, -0.25) is 9.78 Å². The number of ether oxygens (including phenoxy) is 3. The van der Waals surface area contributed by atoms with Crippen molar-refractivity contribution in [1.29, 1.82) is 0 Å². The molecule has 33 heavy (non-hydrogen) atoms. The number of hydrogen-bond donors (Lipinski definition) is 1. The van der Waals surface area contributed by atoms with Crippen LogP contribution in [0.1, 0.15) is 27.2 Å². The number of hydrogen-bond acceptors (Lipinski definition) is 7. The maximum atomic E-state index is 13.3. The molecule has 3 aliphatic heterocycles. The van der Waals surface area contributed by atoms with Gasteiger partial charge in [0.05, 0.1) is 17.7 Å². The van der Waals surface area contributed by atoms with Crippen molar-refractivity contribution in [3.05, 3.63) is 77.1 Å². The van der Waals surface area contributed by atoms with Crippen LogP contribution in [0.3, 0.4) is 0 Å². The summed E-state index contributed by atoms with van der Waals surface area (Å²) >= 11 is 0. The second kappa shape index (κ2) is 7.23. The van der Waals surface area contributed by atoms with Gasteiger partial charge in [0.15, 0.2) is 18.1 Å². The molecule has 0 aliphatic carbocycles. The first-order chi connectivity index (χ1) is 16.0. The Balaban J connectivity index is 1.42. The summed E-state index contributed by atoms with van der Waals surface area (Å²) in [6, 6.07) is 14.9. The molecule has 8 nitrogen and oxygen atoms in total. The highest BCUT2D eigenvalue weighted by atomic mass is 16.6. The SMILES string of the molecule is CN1CC2(COc3cc4c(cc32)OC(=O)CO4)c2c(C(=O)NCc3ccccn3)cccc21. The fraction of sp³-hybridized carbons (Fsp3) is 0.240. The van der Waals surface area contributed by atoms with Crippen molar-refractivity contribution >= 4 is 17.6 Å². The van der Waals surface area contributed by atoms with Crippen molar-refractivity contribution in [1.82, 2.24) is 10.3 Å². The molecular weight excluding hydrogens is 422 g/mol. The maximum Gasteiger partial charge on any atom is 0.349 e. The Morgan fingerprint density at radius 1 is 1.12 bits per heavy atom. The van der Waals surface area contributed by atoms with Crippen molar-refractivity contribution in [2.75, 3.05) is 31.7 Å². The molecule has 1 spiro atoms. The summed E-state index contributed by atoms with van der Waals surface area (Å²) in [5.74, 6) is 0.931. The molecule has 6 rings (SSSR count). The first kappa shape index (κ1) is 19.6. The molecule has 2 aromatic carbocycles. The quantitative estimate of drug-likeness (QED) is 0.491. The van der Waals surface area contributed by atoms with E-state index >= 15 is 0 Å². The second-order valence-corrected chi connectivity index (χ2v) is 8.49. The van der Waals surface area contributed by atoms with Gasteiger partial charge in [0.2, 0.25) is 0 Å². The van der Waals surface area contributed by atoms with Crippen LogP contribution in [0.4, 0.5) is 5.69 Å². The van der Waals surface area contributed by atoms with Crippen molar-refractivity contribution in [2.45, 2.75) is 12.0 Å². The fourth-order valence-corrected chi connectivity index (χ4v) is 5.02. The van der Waals surface area contributed by atoms with Gasteiger partial charge in [0.1, 0.15) is 12.4 Å². The summed E-state index contributed by atoms with van der Waals surface area (Å²) in [5, 5.41) is 3.00. The number of nitrogens with one attached hydrogen (secondary N) is 1. The third kappa shape index (κ3) is 3.01. The van der Waals surface area contributed by atoms with E-state index in [1.807, 2.05) is 49.5 Å². The Morgan fingerprint density at radius 3 is 2.88 bits per heavy atom. The first-order valence-electron chi connectivity index (χ1n) is 10.7. The molecule has 1 aromatic heterocycles. The summed E-state index contributed by atoms with van der Waals surface area (Å²) < 4.78 is 17.0. The molecule has 0 fully saturated rings. The van der Waals surface area contributed by atoms with Crippen molar-refractivity contribution < 1.29 is 23.8 Å². The van der Waals surface area contributed by atoms with Gasteiger partial charge >= 0.3 is 5.97 Å². The zero-order valence-corrected chi connectivity index (χ0v) is 18.0. The van der Waals surface area contributed by atoms with Crippen LogP contribution >= 0.6 is 0 Å². The minimum atomic E-state index is -0.572. The standard InChI is InChI=1S/C25H21N3O5/c1-28-13-25(14-32-19-10-20-21(9-17(19)25)33-22(29)12-31-20)23-16(6-4-7-18(23)28)24(30)27-11-15-5-2-3-8-26-15/h2-10H,11-14H2,1H3,(H,27,30). The van der Waals surface area contributed by atoms with Crippen LogP contribution in [-0.4, -0.2) is 43.7 Å². The number of nitrogens with zero attached hydrogens (tertiary/aromatic N) is 2. The number of amides is 1. The van der Waals surface area contributed by atoms with Gasteiger partial charge in [-0.2, -0.15) is 0 Å². The lowest BCUT2D eigenvalue weighted by atomic mass is 9.75. The third-order valence-electron chi connectivity index (χ3n) is 6.45. The van der Waals surface area contributed by atoms with E-state index in [0.717, 1.165) is 22.5 Å². The van der Waals surface area contributed by atoms with Crippen LogP contribution < -0.4 is 24.4 Å². The number of carbonyl (C=O) groups is 2. The molecule has 1 unspecified atom stereocenters. The highest BCUT2D eigenvalue weighted by molar-refractivity contribution is 5.99. The average molecular weight is 443 g/mol. The molecule has 0 radical (unpaired) electrons. The number of pyridine rings is 1. The Labute approximate surface area is 190 Å². The topological polar surface area (TPSA) is 90.0 Å². The van der Waals surface area contributed by atoms with Crippen LogP contribution in [0.25, 0.3) is 0 Å². The van der Waals surface area contributed by atoms with E-state index in [9.17, 15) is 9.59 Å². The Hall–Kier alpha value is -4.07. The lowest BCUT2D eigenvalue weighted by molar-refractivity contribution is -0.138. The molecule has 1 atom stereocenters. The number of anilines is 1. The van der Waals surface area contributed by atoms with E-state index in [2.05, 4.69) is 15.2 Å². The Bertz CT molecular complexity index is 1290. The van der Waals surface area contributed by atoms with Crippen LogP contribution in [0.15, 0.2) is 54.7 Å². The lowest BCUT2D eigenvalue weighted by Gasteiger charge is -2.26. The zero-order valence-electron chi connectivity index (χ0n) is 18.0. The lowest BCUT2D eigenvalue weighted by Crippen LogP contribution is -2.36. The third-order valence-corrected chi connectivity index (χ3v) is 6.45. The van der Waals surface area contributed by atoms with Gasteiger partial charge in [-0.15, -0.1) is 0 Å². The van der Waals surface area contributed by atoms with Crippen LogP contribution in [0, 0.1) is 0 Å². The van der Waals surface area contributed by atoms with Gasteiger partial charge in [-0.1, -0.05) is 12.1 Å². The molecular formula is C25H21N3O5. The van der Waals surface area contributed by atoms with Gasteiger partial charge in [0.25, 0.3) is 5.91 Å². The minimum Gasteiger partial charge on any atom is -0.492 e. The summed E-state index contributed by atoms with van der Waals surface area (Å²) in [6.07, 6.45) is 1.70. The van der Waals surface area contributed by atoms with Crippen molar-refractivity contribution in [2.24, 2.45) is 0 Å². The highest BCUT2D eigenvalue weighted by Gasteiger charge is 2.51. The predicted octanol–water partition coefficient (Wildman–Crippen LogP) is 2.44. The van der Waals surface area contributed by atoms with E-state index in [1.165, 1.54) is 0 Å². The number of carbonyl (C=O) groups excluding carboxylic acids is 2. The molecule has 4 heterocycles. The van der Waals surface area contributed by atoms with Gasteiger partial charge < -0.3 is 24.4 Å². The molecule has 0 saturated heterocycles. The van der Waals surface area contributed by atoms with E-state index in [4.69, 9.17) is 14.2 Å². The van der Waals surface area contributed by atoms with Crippen molar-refractivity contribution in [3.63, 3.8) is 0 Å². The summed E-state index contributed by atoms with van der Waals surface area (Å²) in [7, 11) is 2.00. The molecule has 0 saturated carbocycles. The molecule has 1 amide bonds. The maximum absolute atomic E-state index is 13.3. The smallest absolute Gasteiger partial charge is 0.349 e. The molecule has 1 N–H and O–H groups in total. The number of aromatic nitrogens is 1. The van der Waals surface area contributed by atoms with Gasteiger partial charge in [0, 0.05) is 48.2 Å². The summed E-state index contributed by atoms with van der Waals surface area (Å²) in [6.45, 7) is 1.22. The number of rotatable bonds is 3. The van der Waals surface area contributed by atoms with Crippen LogP contribution in [0.2, 0.25) is 0 Å². The second-order valence-electron chi connectivity index (χ2n) is 8.49. The molecule has 3 aromatic rings. The highest BCUT2D eigenvalue weighted by Crippen LogP contribution is 2.54. The summed E-state index contributed by atoms with van der Waals surface area (Å²) in [5.41, 5.74) is 3.58. The van der Waals surface area contributed by atoms with E-state index in [1.54, 1.807) is 12.3 Å². The van der Waals surface area contributed by atoms with Gasteiger partial charge in [-0.05, 0) is 30.3 Å². The van der Waals surface area contributed by atoms with Crippen LogP contribution in [0.5, 0.6) is 17.2 Å². The fourth-order valence-electron chi connectivity index (χ4n) is 5.02. The monoisotopic (exact) mass is 443 g/mol. The number of likely N-dealkylation sites (N-methyl/N-ethyl adjacent to an activating group) is 1. The Kier molecular flexibility index (Phi) is 4.29. The van der Waals surface area contributed by atoms with Crippen LogP contribution in [-0.2, 0) is 16.8 Å². The first-order valence-corrected chi connectivity index (χ1v) is 10.7. The molecule has 3 aliphatic rings. The van der Waals surface area contributed by atoms with E-state index in [-0.39, 0.29) is 12.5 Å². The summed E-state index contributed by atoms with van der Waals surface area (Å²) in [4.78, 5) is 31.5. The zero-order chi connectivity index (χ0) is 22.6. The largest absolute Gasteiger partial charge is 0.492 e. The number of fused-ring (bicyclic) bond motifs is 5. The normalized spacial score (nSPS) is 19.8. The van der Waals surface area contributed by atoms with E-state index < -0.39 is 11.4 Å². The number of esters is 1. The van der Waals surface area contributed by atoms with Crippen molar-refractivity contribution in [3.8, 4) is 17.2 Å². The molecule has 0 bridgehead atoms. The Morgan fingerprint density at radius 2 is 2.03 bits per heavy atom.